The van der Waals surface area contributed by atoms with Crippen molar-refractivity contribution in [1.29, 1.82) is 0 Å². The lowest BCUT2D eigenvalue weighted by molar-refractivity contribution is -0.870. The molecule has 2 atom stereocenters. The Morgan fingerprint density at radius 1 is 0.508 bits per heavy atom. The minimum Gasteiger partial charge on any atom is -0.756 e. The van der Waals surface area contributed by atoms with E-state index in [2.05, 4.69) is 135 Å². The third-order valence-corrected chi connectivity index (χ3v) is 9.97. The first kappa shape index (κ1) is 57.9. The molecule has 9 heteroatoms. The molecule has 0 rings (SSSR count). The fourth-order valence-electron chi connectivity index (χ4n) is 5.49. The number of allylic oxidation sites excluding steroid dienone is 20. The van der Waals surface area contributed by atoms with E-state index in [4.69, 9.17) is 18.5 Å². The van der Waals surface area contributed by atoms with Crippen molar-refractivity contribution in [3.8, 4) is 0 Å². The Morgan fingerprint density at radius 3 is 1.34 bits per heavy atom. The Hall–Kier alpha value is -3.10. The first-order valence-electron chi connectivity index (χ1n) is 23.3. The van der Waals surface area contributed by atoms with Gasteiger partial charge in [-0.3, -0.25) is 9.36 Å². The number of quaternary nitrogens is 1. The average molecular weight is 868 g/mol. The van der Waals surface area contributed by atoms with E-state index in [1.807, 2.05) is 21.1 Å². The van der Waals surface area contributed by atoms with Gasteiger partial charge in [-0.15, -0.1) is 0 Å². The Bertz CT molecular complexity index is 1380. The summed E-state index contributed by atoms with van der Waals surface area (Å²) in [5.41, 5.74) is 0. The SMILES string of the molecule is CC/C=C\C/C=C\C/C=C\C/C=C\C/C=C\C/C=C\C/C=C\CCCC(=O)OC(COCCCCCCCC/C=C\C/C=C\C/C=C\CC)COP(=O)([O-])OCC[N+](C)(C)C. The number of hydrogen-bond donors (Lipinski definition) is 0. The first-order chi connectivity index (χ1) is 29.6. The Balaban J connectivity index is 4.38. The molecule has 0 heterocycles. The fourth-order valence-corrected chi connectivity index (χ4v) is 6.22. The second-order valence-electron chi connectivity index (χ2n) is 16.0. The molecule has 0 N–H and O–H groups in total. The number of rotatable bonds is 41. The molecular formula is C52H86NO7P. The lowest BCUT2D eigenvalue weighted by Crippen LogP contribution is -2.37. The number of hydrogen-bond acceptors (Lipinski definition) is 7. The normalized spacial score (nSPS) is 14.8. The second-order valence-corrected chi connectivity index (χ2v) is 17.4. The zero-order valence-electron chi connectivity index (χ0n) is 39.1. The second kappa shape index (κ2) is 43.5. The van der Waals surface area contributed by atoms with E-state index in [9.17, 15) is 14.3 Å². The van der Waals surface area contributed by atoms with Gasteiger partial charge in [-0.05, 0) is 96.3 Å². The van der Waals surface area contributed by atoms with Gasteiger partial charge < -0.3 is 27.9 Å². The fraction of sp³-hybridized carbons (Fsp3) is 0.596. The van der Waals surface area contributed by atoms with Crippen LogP contribution in [0, 0.1) is 0 Å². The summed E-state index contributed by atoms with van der Waals surface area (Å²) >= 11 is 0. The summed E-state index contributed by atoms with van der Waals surface area (Å²) < 4.78 is 34.5. The summed E-state index contributed by atoms with van der Waals surface area (Å²) in [6.07, 6.45) is 62.3. The standard InChI is InChI=1S/C52H86NO7P/c1-6-8-10-12-14-16-18-20-22-24-25-26-27-28-29-30-31-33-35-37-39-41-43-45-52(54)60-51(50-59-61(55,56)58-48-46-53(3,4)5)49-57-47-44-42-40-38-36-34-32-23-21-19-17-15-13-11-9-7-2/h8-11,14-17,20-23,25-26,28-29,31,33,37,39,51H,6-7,12-13,18-19,24,27,30,32,34-36,38,40-50H2,1-5H3/b10-8-,11-9-,16-14-,17-15-,22-20-,23-21-,26-25-,29-28-,33-31-,39-37-. The number of likely N-dealkylation sites (N-methyl/N-ethyl adjacent to an activating group) is 1. The van der Waals surface area contributed by atoms with Crippen LogP contribution in [0.4, 0.5) is 0 Å². The van der Waals surface area contributed by atoms with E-state index in [-0.39, 0.29) is 26.2 Å². The predicted octanol–water partition coefficient (Wildman–Crippen LogP) is 13.5. The molecule has 0 aromatic rings. The molecule has 0 radical (unpaired) electrons. The van der Waals surface area contributed by atoms with E-state index >= 15 is 0 Å². The third-order valence-electron chi connectivity index (χ3n) is 9.01. The predicted molar refractivity (Wildman–Crippen MR) is 258 cm³/mol. The Morgan fingerprint density at radius 2 is 0.902 bits per heavy atom. The van der Waals surface area contributed by atoms with E-state index in [1.54, 1.807) is 0 Å². The van der Waals surface area contributed by atoms with Gasteiger partial charge in [0.05, 0.1) is 34.4 Å². The van der Waals surface area contributed by atoms with Gasteiger partial charge in [0.15, 0.2) is 0 Å². The van der Waals surface area contributed by atoms with Gasteiger partial charge in [-0.1, -0.05) is 161 Å². The molecule has 0 aliphatic rings. The van der Waals surface area contributed by atoms with Crippen molar-refractivity contribution >= 4 is 13.8 Å². The number of unbranched alkanes of at least 4 members (excludes halogenated alkanes) is 7. The number of carbonyl (C=O) groups is 1. The van der Waals surface area contributed by atoms with Gasteiger partial charge in [0.2, 0.25) is 0 Å². The highest BCUT2D eigenvalue weighted by Crippen LogP contribution is 2.38. The van der Waals surface area contributed by atoms with Crippen molar-refractivity contribution in [3.63, 3.8) is 0 Å². The van der Waals surface area contributed by atoms with Gasteiger partial charge in [0.25, 0.3) is 7.82 Å². The van der Waals surface area contributed by atoms with Crippen molar-refractivity contribution < 1.29 is 37.3 Å². The maximum atomic E-state index is 12.7. The van der Waals surface area contributed by atoms with Gasteiger partial charge in [-0.2, -0.15) is 0 Å². The molecule has 0 saturated heterocycles. The summed E-state index contributed by atoms with van der Waals surface area (Å²) in [4.78, 5) is 25.1. The number of esters is 1. The molecule has 0 amide bonds. The summed E-state index contributed by atoms with van der Waals surface area (Å²) in [6.45, 7) is 5.03. The zero-order chi connectivity index (χ0) is 44.8. The molecule has 8 nitrogen and oxygen atoms in total. The average Bonchev–Trinajstić information content (AvgIpc) is 3.22. The quantitative estimate of drug-likeness (QED) is 0.0199. The van der Waals surface area contributed by atoms with Crippen LogP contribution in [0.5, 0.6) is 0 Å². The molecule has 0 aromatic heterocycles. The molecule has 0 aromatic carbocycles. The number of ether oxygens (including phenoxy) is 2. The van der Waals surface area contributed by atoms with Gasteiger partial charge >= 0.3 is 5.97 Å². The van der Waals surface area contributed by atoms with Gasteiger partial charge in [-0.25, -0.2) is 0 Å². The number of phosphoric ester groups is 1. The Labute approximate surface area is 373 Å². The van der Waals surface area contributed by atoms with Crippen molar-refractivity contribution in [2.24, 2.45) is 0 Å². The van der Waals surface area contributed by atoms with Crippen LogP contribution >= 0.6 is 7.82 Å². The smallest absolute Gasteiger partial charge is 0.306 e. The molecule has 0 aliphatic carbocycles. The van der Waals surface area contributed by atoms with Crippen LogP contribution in [0.25, 0.3) is 0 Å². The lowest BCUT2D eigenvalue weighted by atomic mass is 10.1. The van der Waals surface area contributed by atoms with E-state index < -0.39 is 19.9 Å². The van der Waals surface area contributed by atoms with Gasteiger partial charge in [0, 0.05) is 13.0 Å². The van der Waals surface area contributed by atoms with Crippen LogP contribution in [0.15, 0.2) is 122 Å². The number of phosphoric acid groups is 1. The monoisotopic (exact) mass is 868 g/mol. The van der Waals surface area contributed by atoms with Crippen LogP contribution in [0.2, 0.25) is 0 Å². The van der Waals surface area contributed by atoms with Crippen molar-refractivity contribution in [1.82, 2.24) is 0 Å². The molecule has 0 saturated carbocycles. The van der Waals surface area contributed by atoms with Crippen molar-refractivity contribution in [3.05, 3.63) is 122 Å². The van der Waals surface area contributed by atoms with E-state index in [1.165, 1.54) is 19.3 Å². The highest BCUT2D eigenvalue weighted by Gasteiger charge is 2.20. The first-order valence-corrected chi connectivity index (χ1v) is 24.7. The molecule has 0 fully saturated rings. The lowest BCUT2D eigenvalue weighted by Gasteiger charge is -2.28. The summed E-state index contributed by atoms with van der Waals surface area (Å²) in [7, 11) is 1.29. The Kier molecular flexibility index (Phi) is 41.3. The summed E-state index contributed by atoms with van der Waals surface area (Å²) in [5.74, 6) is -0.402. The highest BCUT2D eigenvalue weighted by molar-refractivity contribution is 7.45. The topological polar surface area (TPSA) is 94.1 Å². The van der Waals surface area contributed by atoms with E-state index in [0.717, 1.165) is 96.3 Å². The maximum absolute atomic E-state index is 12.7. The largest absolute Gasteiger partial charge is 0.756 e. The van der Waals surface area contributed by atoms with E-state index in [0.29, 0.717) is 24.1 Å². The summed E-state index contributed by atoms with van der Waals surface area (Å²) in [6, 6.07) is 0. The molecule has 2 unspecified atom stereocenters. The zero-order valence-corrected chi connectivity index (χ0v) is 39.9. The minimum absolute atomic E-state index is 0.00453. The highest BCUT2D eigenvalue weighted by atomic mass is 31.2. The van der Waals surface area contributed by atoms with Gasteiger partial charge in [0.1, 0.15) is 19.3 Å². The van der Waals surface area contributed by atoms with Crippen LogP contribution in [-0.4, -0.2) is 70.7 Å². The molecule has 0 aliphatic heterocycles. The summed E-state index contributed by atoms with van der Waals surface area (Å²) in [5, 5.41) is 0. The molecular weight excluding hydrogens is 782 g/mol. The van der Waals surface area contributed by atoms with Crippen molar-refractivity contribution in [2.45, 2.75) is 148 Å². The minimum atomic E-state index is -4.56. The molecule has 0 bridgehead atoms. The third kappa shape index (κ3) is 47.8. The van der Waals surface area contributed by atoms with Crippen LogP contribution in [-0.2, 0) is 27.9 Å². The maximum Gasteiger partial charge on any atom is 0.306 e. The van der Waals surface area contributed by atoms with Crippen LogP contribution < -0.4 is 4.89 Å². The molecule has 61 heavy (non-hydrogen) atoms. The van der Waals surface area contributed by atoms with Crippen LogP contribution in [0.3, 0.4) is 0 Å². The van der Waals surface area contributed by atoms with Crippen LogP contribution in [0.1, 0.15) is 142 Å². The molecule has 346 valence electrons. The number of carbonyl (C=O) groups excluding carboxylic acids is 1. The van der Waals surface area contributed by atoms with Crippen molar-refractivity contribution in [2.75, 3.05) is 54.1 Å². The number of nitrogens with zero attached hydrogens (tertiary/aromatic N) is 1. The molecule has 0 spiro atoms.